The molecule has 126 valence electrons. The first kappa shape index (κ1) is 15.3. The number of nitrogens with zero attached hydrogens (tertiary/aromatic N) is 5. The van der Waals surface area contributed by atoms with Crippen LogP contribution in [0.15, 0.2) is 42.6 Å². The summed E-state index contributed by atoms with van der Waals surface area (Å²) in [6.07, 6.45) is 3.07. The van der Waals surface area contributed by atoms with E-state index < -0.39 is 0 Å². The number of tetrazole rings is 1. The van der Waals surface area contributed by atoms with Crippen molar-refractivity contribution in [2.75, 3.05) is 11.9 Å². The molecule has 0 unspecified atom stereocenters. The first-order valence-electron chi connectivity index (χ1n) is 8.05. The molecule has 0 aliphatic carbocycles. The Morgan fingerprint density at radius 2 is 2.08 bits per heavy atom. The van der Waals surface area contributed by atoms with E-state index in [-0.39, 0.29) is 11.8 Å². The fraction of sp³-hybridized carbons (Fsp3) is 0.235. The first-order valence-corrected chi connectivity index (χ1v) is 8.05. The highest BCUT2D eigenvalue weighted by Crippen LogP contribution is 2.21. The summed E-state index contributed by atoms with van der Waals surface area (Å²) in [5.74, 6) is -0.0946. The van der Waals surface area contributed by atoms with Crippen molar-refractivity contribution in [3.8, 4) is 0 Å². The van der Waals surface area contributed by atoms with Crippen molar-refractivity contribution < 1.29 is 9.59 Å². The number of likely N-dealkylation sites (tertiary alicyclic amines) is 1. The van der Waals surface area contributed by atoms with Crippen LogP contribution in [-0.2, 0) is 11.3 Å². The third-order valence-corrected chi connectivity index (χ3v) is 4.25. The van der Waals surface area contributed by atoms with Crippen LogP contribution in [0.5, 0.6) is 0 Å². The van der Waals surface area contributed by atoms with Gasteiger partial charge in [0.25, 0.3) is 5.91 Å². The number of amides is 2. The van der Waals surface area contributed by atoms with Crippen LogP contribution < -0.4 is 5.32 Å². The Morgan fingerprint density at radius 1 is 1.20 bits per heavy atom. The van der Waals surface area contributed by atoms with E-state index in [4.69, 9.17) is 0 Å². The second-order valence-electron chi connectivity index (χ2n) is 5.93. The number of hydrogen-bond acceptors (Lipinski definition) is 5. The van der Waals surface area contributed by atoms with Gasteiger partial charge in [-0.15, -0.1) is 5.10 Å². The molecule has 25 heavy (non-hydrogen) atoms. The third-order valence-electron chi connectivity index (χ3n) is 4.25. The van der Waals surface area contributed by atoms with E-state index in [1.807, 2.05) is 29.2 Å². The number of hydrogen-bond donors (Lipinski definition) is 1. The monoisotopic (exact) mass is 336 g/mol. The van der Waals surface area contributed by atoms with Gasteiger partial charge < -0.3 is 10.2 Å². The van der Waals surface area contributed by atoms with Crippen molar-refractivity contribution in [2.24, 2.45) is 0 Å². The number of fused-ring (bicyclic) bond motifs is 1. The van der Waals surface area contributed by atoms with Gasteiger partial charge in [-0.25, -0.2) is 0 Å². The summed E-state index contributed by atoms with van der Waals surface area (Å²) >= 11 is 0. The van der Waals surface area contributed by atoms with Crippen LogP contribution in [0.1, 0.15) is 28.8 Å². The lowest BCUT2D eigenvalue weighted by Crippen LogP contribution is -2.25. The van der Waals surface area contributed by atoms with Crippen LogP contribution >= 0.6 is 0 Å². The van der Waals surface area contributed by atoms with E-state index in [1.165, 1.54) is 4.52 Å². The molecule has 0 radical (unpaired) electrons. The van der Waals surface area contributed by atoms with Gasteiger partial charge in [-0.2, -0.15) is 4.52 Å². The molecule has 3 heterocycles. The Hall–Kier alpha value is -3.29. The number of pyridine rings is 1. The highest BCUT2D eigenvalue weighted by atomic mass is 16.2. The first-order chi connectivity index (χ1) is 12.2. The van der Waals surface area contributed by atoms with Crippen LogP contribution in [0.4, 0.5) is 5.69 Å². The highest BCUT2D eigenvalue weighted by Gasteiger charge is 2.21. The van der Waals surface area contributed by atoms with Crippen LogP contribution in [0.25, 0.3) is 5.65 Å². The lowest BCUT2D eigenvalue weighted by atomic mass is 10.1. The minimum Gasteiger partial charge on any atom is -0.338 e. The summed E-state index contributed by atoms with van der Waals surface area (Å²) in [4.78, 5) is 26.2. The quantitative estimate of drug-likeness (QED) is 0.779. The number of benzene rings is 1. The van der Waals surface area contributed by atoms with Crippen LogP contribution in [-0.4, -0.2) is 43.3 Å². The predicted octanol–water partition coefficient (Wildman–Crippen LogP) is 1.50. The second-order valence-corrected chi connectivity index (χ2v) is 5.93. The molecule has 1 fully saturated rings. The predicted molar refractivity (Wildman–Crippen MR) is 89.8 cm³/mol. The summed E-state index contributed by atoms with van der Waals surface area (Å²) in [7, 11) is 0. The summed E-state index contributed by atoms with van der Waals surface area (Å²) < 4.78 is 1.45. The maximum absolute atomic E-state index is 12.6. The fourth-order valence-corrected chi connectivity index (χ4v) is 2.93. The van der Waals surface area contributed by atoms with Gasteiger partial charge in [-0.1, -0.05) is 18.2 Å². The van der Waals surface area contributed by atoms with E-state index in [1.54, 1.807) is 18.3 Å². The number of rotatable bonds is 4. The molecule has 0 spiro atoms. The van der Waals surface area contributed by atoms with E-state index in [0.717, 1.165) is 18.5 Å². The molecular weight excluding hydrogens is 320 g/mol. The van der Waals surface area contributed by atoms with Crippen LogP contribution in [0.3, 0.4) is 0 Å². The summed E-state index contributed by atoms with van der Waals surface area (Å²) in [6.45, 7) is 1.26. The van der Waals surface area contributed by atoms with Gasteiger partial charge in [0.15, 0.2) is 5.65 Å². The molecule has 1 aromatic carbocycles. The number of carbonyl (C=O) groups excluding carboxylic acids is 2. The number of carbonyl (C=O) groups is 2. The van der Waals surface area contributed by atoms with Gasteiger partial charge >= 0.3 is 0 Å². The van der Waals surface area contributed by atoms with Crippen molar-refractivity contribution in [3.63, 3.8) is 0 Å². The maximum atomic E-state index is 12.6. The van der Waals surface area contributed by atoms with Crippen molar-refractivity contribution in [3.05, 3.63) is 53.7 Å². The molecule has 1 N–H and O–H groups in total. The zero-order valence-corrected chi connectivity index (χ0v) is 13.4. The maximum Gasteiger partial charge on any atom is 0.257 e. The van der Waals surface area contributed by atoms with Gasteiger partial charge in [0.2, 0.25) is 5.91 Å². The van der Waals surface area contributed by atoms with Gasteiger partial charge in [0.05, 0.1) is 5.56 Å². The molecule has 2 amide bonds. The second kappa shape index (κ2) is 6.31. The molecule has 1 aliphatic rings. The highest BCUT2D eigenvalue weighted by molar-refractivity contribution is 6.04. The molecule has 1 saturated heterocycles. The molecule has 3 aromatic rings. The normalized spacial score (nSPS) is 14.2. The Bertz CT molecular complexity index is 951. The number of aromatic nitrogens is 4. The van der Waals surface area contributed by atoms with Crippen LogP contribution in [0, 0.1) is 0 Å². The zero-order valence-electron chi connectivity index (χ0n) is 13.4. The SMILES string of the molecule is O=C(Nc1ccccc1CN1CCCC1=O)c1ccc2nnnn2c1. The van der Waals surface area contributed by atoms with Crippen molar-refractivity contribution in [2.45, 2.75) is 19.4 Å². The molecular formula is C17H16N6O2. The zero-order chi connectivity index (χ0) is 17.2. The third kappa shape index (κ3) is 3.06. The molecule has 8 heteroatoms. The molecule has 4 rings (SSSR count). The number of para-hydroxylation sites is 1. The van der Waals surface area contributed by atoms with E-state index in [9.17, 15) is 9.59 Å². The lowest BCUT2D eigenvalue weighted by Gasteiger charge is -2.18. The van der Waals surface area contributed by atoms with E-state index in [2.05, 4.69) is 20.8 Å². The number of nitrogens with one attached hydrogen (secondary N) is 1. The minimum absolute atomic E-state index is 0.158. The Kier molecular flexibility index (Phi) is 3.85. The Labute approximate surface area is 143 Å². The molecule has 2 aromatic heterocycles. The van der Waals surface area contributed by atoms with Crippen molar-refractivity contribution in [1.82, 2.24) is 24.9 Å². The summed E-state index contributed by atoms with van der Waals surface area (Å²) in [6, 6.07) is 10.9. The molecule has 0 bridgehead atoms. The molecule has 8 nitrogen and oxygen atoms in total. The van der Waals surface area contributed by atoms with E-state index >= 15 is 0 Å². The number of anilines is 1. The summed E-state index contributed by atoms with van der Waals surface area (Å²) in [5.41, 5.74) is 2.63. The van der Waals surface area contributed by atoms with Gasteiger partial charge in [0, 0.05) is 31.4 Å². The Balaban J connectivity index is 1.55. The average molecular weight is 336 g/mol. The molecule has 1 aliphatic heterocycles. The van der Waals surface area contributed by atoms with E-state index in [0.29, 0.717) is 29.9 Å². The van der Waals surface area contributed by atoms with Crippen molar-refractivity contribution >= 4 is 23.1 Å². The standard InChI is InChI=1S/C17H16N6O2/c24-16-6-3-9-22(16)10-12-4-1-2-5-14(12)18-17(25)13-7-8-15-19-20-21-23(15)11-13/h1-2,4-5,7-8,11H,3,6,9-10H2,(H,18,25). The average Bonchev–Trinajstić information content (AvgIpc) is 3.25. The lowest BCUT2D eigenvalue weighted by molar-refractivity contribution is -0.128. The molecule has 0 saturated carbocycles. The topological polar surface area (TPSA) is 92.5 Å². The van der Waals surface area contributed by atoms with Gasteiger partial charge in [-0.05, 0) is 40.6 Å². The van der Waals surface area contributed by atoms with Crippen LogP contribution in [0.2, 0.25) is 0 Å². The van der Waals surface area contributed by atoms with Gasteiger partial charge in [-0.3, -0.25) is 9.59 Å². The van der Waals surface area contributed by atoms with Crippen molar-refractivity contribution in [1.29, 1.82) is 0 Å². The summed E-state index contributed by atoms with van der Waals surface area (Å²) in [5, 5.41) is 14.1. The largest absolute Gasteiger partial charge is 0.338 e. The van der Waals surface area contributed by atoms with Gasteiger partial charge in [0.1, 0.15) is 0 Å². The Morgan fingerprint density at radius 3 is 2.92 bits per heavy atom. The fourth-order valence-electron chi connectivity index (χ4n) is 2.93. The molecule has 0 atom stereocenters. The smallest absolute Gasteiger partial charge is 0.257 e. The minimum atomic E-state index is -0.252.